The van der Waals surface area contributed by atoms with Crippen molar-refractivity contribution >= 4 is 38.4 Å². The average molecular weight is 407 g/mol. The van der Waals surface area contributed by atoms with Gasteiger partial charge in [-0.25, -0.2) is 4.98 Å². The van der Waals surface area contributed by atoms with E-state index in [2.05, 4.69) is 6.07 Å². The lowest BCUT2D eigenvalue weighted by Gasteiger charge is -2.31. The summed E-state index contributed by atoms with van der Waals surface area (Å²) in [5.74, 6) is 0.609. The number of amides is 1. The Morgan fingerprint density at radius 3 is 2.93 bits per heavy atom. The fourth-order valence-electron chi connectivity index (χ4n) is 4.13. The van der Waals surface area contributed by atoms with Crippen molar-refractivity contribution in [2.75, 3.05) is 20.2 Å². The van der Waals surface area contributed by atoms with Gasteiger partial charge in [0.1, 0.15) is 5.58 Å². The van der Waals surface area contributed by atoms with E-state index in [4.69, 9.17) is 14.1 Å². The monoisotopic (exact) mass is 406 g/mol. The number of likely N-dealkylation sites (tertiary alicyclic amines) is 1. The van der Waals surface area contributed by atoms with Gasteiger partial charge in [-0.1, -0.05) is 30.3 Å². The van der Waals surface area contributed by atoms with Crippen molar-refractivity contribution in [2.45, 2.75) is 25.4 Å². The molecule has 0 aliphatic carbocycles. The van der Waals surface area contributed by atoms with Gasteiger partial charge in [0, 0.05) is 37.1 Å². The first kappa shape index (κ1) is 18.3. The summed E-state index contributed by atoms with van der Waals surface area (Å²) in [6.07, 6.45) is 2.01. The van der Waals surface area contributed by atoms with Gasteiger partial charge in [-0.3, -0.25) is 4.79 Å². The van der Waals surface area contributed by atoms with Gasteiger partial charge in [0.25, 0.3) is 5.91 Å². The zero-order chi connectivity index (χ0) is 19.8. The van der Waals surface area contributed by atoms with Gasteiger partial charge < -0.3 is 14.1 Å². The van der Waals surface area contributed by atoms with Gasteiger partial charge in [-0.2, -0.15) is 0 Å². The number of hydrogen-bond acceptors (Lipinski definition) is 5. The topological polar surface area (TPSA) is 55.6 Å². The van der Waals surface area contributed by atoms with Crippen LogP contribution in [-0.2, 0) is 11.3 Å². The minimum absolute atomic E-state index is 0.0564. The van der Waals surface area contributed by atoms with Crippen LogP contribution in [0.15, 0.2) is 52.9 Å². The molecule has 1 aliphatic rings. The molecule has 3 heterocycles. The smallest absolute Gasteiger partial charge is 0.290 e. The van der Waals surface area contributed by atoms with Gasteiger partial charge in [0.2, 0.25) is 0 Å². The highest BCUT2D eigenvalue weighted by Crippen LogP contribution is 2.34. The number of thiazole rings is 1. The van der Waals surface area contributed by atoms with E-state index in [0.717, 1.165) is 46.4 Å². The maximum absolute atomic E-state index is 13.4. The summed E-state index contributed by atoms with van der Waals surface area (Å²) in [7, 11) is 1.64. The van der Waals surface area contributed by atoms with Crippen LogP contribution in [0.25, 0.3) is 21.2 Å². The van der Waals surface area contributed by atoms with Gasteiger partial charge in [0.15, 0.2) is 5.76 Å². The van der Waals surface area contributed by atoms with Crippen LogP contribution in [0.5, 0.6) is 0 Å². The maximum atomic E-state index is 13.4. The van der Waals surface area contributed by atoms with Crippen molar-refractivity contribution in [1.82, 2.24) is 9.88 Å². The van der Waals surface area contributed by atoms with Gasteiger partial charge in [-0.05, 0) is 31.0 Å². The van der Waals surface area contributed by atoms with E-state index in [1.54, 1.807) is 18.4 Å². The van der Waals surface area contributed by atoms with Gasteiger partial charge in [0.05, 0.1) is 21.8 Å². The quantitative estimate of drug-likeness (QED) is 0.467. The first-order valence-corrected chi connectivity index (χ1v) is 10.7. The van der Waals surface area contributed by atoms with Crippen molar-refractivity contribution in [3.8, 4) is 0 Å². The normalized spacial score (nSPS) is 17.3. The predicted octanol–water partition coefficient (Wildman–Crippen LogP) is 5.21. The van der Waals surface area contributed by atoms with E-state index >= 15 is 0 Å². The van der Waals surface area contributed by atoms with Crippen molar-refractivity contribution < 1.29 is 13.9 Å². The highest BCUT2D eigenvalue weighted by Gasteiger charge is 2.31. The Morgan fingerprint density at radius 1 is 1.24 bits per heavy atom. The second-order valence-electron chi connectivity index (χ2n) is 7.45. The van der Waals surface area contributed by atoms with Crippen LogP contribution >= 0.6 is 11.3 Å². The molecule has 1 saturated heterocycles. The first-order chi connectivity index (χ1) is 14.2. The molecular formula is C23H22N2O3S. The number of piperidine rings is 1. The number of hydrogen-bond donors (Lipinski definition) is 0. The number of fused-ring (bicyclic) bond motifs is 2. The molecule has 5 rings (SSSR count). The van der Waals surface area contributed by atoms with Crippen LogP contribution in [0.3, 0.4) is 0 Å². The maximum Gasteiger partial charge on any atom is 0.290 e. The van der Waals surface area contributed by atoms with Crippen molar-refractivity contribution in [1.29, 1.82) is 0 Å². The Labute approximate surface area is 172 Å². The summed E-state index contributed by atoms with van der Waals surface area (Å²) in [5, 5.41) is 2.06. The molecule has 1 amide bonds. The number of benzene rings is 2. The van der Waals surface area contributed by atoms with E-state index in [1.807, 2.05) is 47.4 Å². The number of aromatic nitrogens is 1. The van der Waals surface area contributed by atoms with Crippen LogP contribution in [0.4, 0.5) is 0 Å². The lowest BCUT2D eigenvalue weighted by atomic mass is 9.98. The summed E-state index contributed by atoms with van der Waals surface area (Å²) < 4.78 is 12.5. The van der Waals surface area contributed by atoms with Crippen LogP contribution in [-0.4, -0.2) is 36.0 Å². The summed E-state index contributed by atoms with van der Waals surface area (Å²) in [6.45, 7) is 1.76. The second-order valence-corrected chi connectivity index (χ2v) is 8.51. The molecule has 1 atom stereocenters. The Hall–Kier alpha value is -2.70. The third-order valence-corrected chi connectivity index (χ3v) is 6.75. The molecule has 1 aliphatic heterocycles. The molecule has 2 aromatic heterocycles. The molecule has 5 nitrogen and oxygen atoms in total. The Kier molecular flexibility index (Phi) is 4.81. The highest BCUT2D eigenvalue weighted by atomic mass is 32.1. The number of furan rings is 1. The number of methoxy groups -OCH3 is 1. The zero-order valence-corrected chi connectivity index (χ0v) is 17.1. The zero-order valence-electron chi connectivity index (χ0n) is 16.3. The third kappa shape index (κ3) is 3.32. The molecule has 1 unspecified atom stereocenters. The number of ether oxygens (including phenoxy) is 1. The highest BCUT2D eigenvalue weighted by molar-refractivity contribution is 7.18. The molecule has 148 valence electrons. The van der Waals surface area contributed by atoms with Crippen molar-refractivity contribution in [3.05, 3.63) is 64.9 Å². The number of rotatable bonds is 4. The molecule has 0 radical (unpaired) electrons. The van der Waals surface area contributed by atoms with E-state index in [-0.39, 0.29) is 11.8 Å². The summed E-state index contributed by atoms with van der Waals surface area (Å²) in [5.41, 5.74) is 2.59. The Bertz CT molecular complexity index is 1150. The molecule has 1 fully saturated rings. The number of para-hydroxylation sites is 2. The molecule has 0 saturated carbocycles. The van der Waals surface area contributed by atoms with E-state index in [9.17, 15) is 4.79 Å². The van der Waals surface area contributed by atoms with Crippen LogP contribution in [0, 0.1) is 0 Å². The molecule has 2 aromatic carbocycles. The fraction of sp³-hybridized carbons (Fsp3) is 0.304. The van der Waals surface area contributed by atoms with Crippen molar-refractivity contribution in [3.63, 3.8) is 0 Å². The molecule has 0 bridgehead atoms. The standard InChI is InChI=1S/C23H22N2O3S/c1-27-14-17-16-8-2-4-10-19(16)28-21(17)23(26)25-12-6-7-15(13-25)22-24-18-9-3-5-11-20(18)29-22/h2-5,8-11,15H,6-7,12-14H2,1H3. The molecule has 29 heavy (non-hydrogen) atoms. The lowest BCUT2D eigenvalue weighted by Crippen LogP contribution is -2.39. The second kappa shape index (κ2) is 7.61. The van der Waals surface area contributed by atoms with Crippen molar-refractivity contribution in [2.24, 2.45) is 0 Å². The summed E-state index contributed by atoms with van der Waals surface area (Å²) >= 11 is 1.74. The number of nitrogens with zero attached hydrogens (tertiary/aromatic N) is 2. The average Bonchev–Trinajstić information content (AvgIpc) is 3.36. The van der Waals surface area contributed by atoms with Gasteiger partial charge >= 0.3 is 0 Å². The summed E-state index contributed by atoms with van der Waals surface area (Å²) in [6, 6.07) is 16.0. The van der Waals surface area contributed by atoms with Crippen LogP contribution < -0.4 is 0 Å². The van der Waals surface area contributed by atoms with E-state index < -0.39 is 0 Å². The first-order valence-electron chi connectivity index (χ1n) is 9.88. The number of carbonyl (C=O) groups excluding carboxylic acids is 1. The molecule has 0 N–H and O–H groups in total. The molecule has 6 heteroatoms. The SMILES string of the molecule is COCc1c(C(=O)N2CCCC(c3nc4ccccc4s3)C2)oc2ccccc12. The largest absolute Gasteiger partial charge is 0.451 e. The van der Waals surface area contributed by atoms with Crippen LogP contribution in [0.2, 0.25) is 0 Å². The summed E-state index contributed by atoms with van der Waals surface area (Å²) in [4.78, 5) is 20.1. The van der Waals surface area contributed by atoms with E-state index in [0.29, 0.717) is 18.9 Å². The lowest BCUT2D eigenvalue weighted by molar-refractivity contribution is 0.0671. The Morgan fingerprint density at radius 2 is 2.07 bits per heavy atom. The molecule has 4 aromatic rings. The number of carbonyl (C=O) groups is 1. The van der Waals surface area contributed by atoms with Crippen LogP contribution in [0.1, 0.15) is 39.9 Å². The fourth-order valence-corrected chi connectivity index (χ4v) is 5.22. The van der Waals surface area contributed by atoms with E-state index in [1.165, 1.54) is 4.70 Å². The minimum atomic E-state index is -0.0564. The minimum Gasteiger partial charge on any atom is -0.451 e. The molecule has 0 spiro atoms. The third-order valence-electron chi connectivity index (χ3n) is 5.55. The Balaban J connectivity index is 1.44. The van der Waals surface area contributed by atoms with Gasteiger partial charge in [-0.15, -0.1) is 11.3 Å². The predicted molar refractivity (Wildman–Crippen MR) is 114 cm³/mol. The molecular weight excluding hydrogens is 384 g/mol.